The lowest BCUT2D eigenvalue weighted by Gasteiger charge is -2.32. The van der Waals surface area contributed by atoms with Crippen molar-refractivity contribution in [2.75, 3.05) is 6.54 Å². The zero-order chi connectivity index (χ0) is 20.6. The molecule has 0 atom stereocenters. The Labute approximate surface area is 158 Å². The highest BCUT2D eigenvalue weighted by atomic mass is 19.4. The molecule has 0 spiro atoms. The van der Waals surface area contributed by atoms with Gasteiger partial charge in [0.25, 0.3) is 0 Å². The fourth-order valence-electron chi connectivity index (χ4n) is 2.67. The average molecular weight is 383 g/mol. The van der Waals surface area contributed by atoms with Gasteiger partial charge in [0, 0.05) is 13.5 Å². The molecule has 1 aromatic carbocycles. The molecule has 0 bridgehead atoms. The Morgan fingerprint density at radius 1 is 1.19 bits per heavy atom. The van der Waals surface area contributed by atoms with Gasteiger partial charge < -0.3 is 14.6 Å². The maximum Gasteiger partial charge on any atom is 0.492 e. The van der Waals surface area contributed by atoms with Crippen molar-refractivity contribution in [2.45, 2.75) is 58.9 Å². The third-order valence-corrected chi connectivity index (χ3v) is 5.02. The van der Waals surface area contributed by atoms with E-state index in [2.05, 4.69) is 5.32 Å². The molecule has 0 radical (unpaired) electrons. The molecule has 1 aliphatic heterocycles. The topological polar surface area (TPSA) is 47.6 Å². The quantitative estimate of drug-likeness (QED) is 0.795. The summed E-state index contributed by atoms with van der Waals surface area (Å²) < 4.78 is 51.6. The zero-order valence-corrected chi connectivity index (χ0v) is 16.5. The van der Waals surface area contributed by atoms with E-state index in [1.807, 2.05) is 27.7 Å². The van der Waals surface area contributed by atoms with Crippen LogP contribution >= 0.6 is 0 Å². The number of carbonyl (C=O) groups is 1. The first-order valence-electron chi connectivity index (χ1n) is 8.71. The van der Waals surface area contributed by atoms with Crippen LogP contribution in [0.5, 0.6) is 0 Å². The Morgan fingerprint density at radius 3 is 2.22 bits per heavy atom. The molecule has 27 heavy (non-hydrogen) atoms. The number of hydrogen-bond acceptors (Lipinski definition) is 3. The van der Waals surface area contributed by atoms with Crippen LogP contribution in [0.15, 0.2) is 23.7 Å². The van der Waals surface area contributed by atoms with Crippen molar-refractivity contribution in [3.8, 4) is 0 Å². The lowest BCUT2D eigenvalue weighted by molar-refractivity contribution is -0.138. The predicted molar refractivity (Wildman–Crippen MR) is 98.9 cm³/mol. The number of benzene rings is 1. The Bertz CT molecular complexity index is 741. The smallest absolute Gasteiger partial charge is 0.400 e. The van der Waals surface area contributed by atoms with Gasteiger partial charge in [-0.05, 0) is 57.3 Å². The second-order valence-electron chi connectivity index (χ2n) is 7.79. The molecule has 1 heterocycles. The van der Waals surface area contributed by atoms with Crippen molar-refractivity contribution in [3.05, 3.63) is 40.4 Å². The van der Waals surface area contributed by atoms with Crippen molar-refractivity contribution in [1.29, 1.82) is 0 Å². The third-order valence-electron chi connectivity index (χ3n) is 5.02. The van der Waals surface area contributed by atoms with Crippen LogP contribution in [-0.2, 0) is 20.3 Å². The highest BCUT2D eigenvalue weighted by molar-refractivity contribution is 6.56. The summed E-state index contributed by atoms with van der Waals surface area (Å²) in [6.45, 7) is 10.4. The number of carbonyl (C=O) groups excluding carboxylic acids is 1. The molecule has 0 aromatic heterocycles. The summed E-state index contributed by atoms with van der Waals surface area (Å²) in [5.74, 6) is -0.252. The van der Waals surface area contributed by atoms with Gasteiger partial charge in [0.05, 0.1) is 16.8 Å². The standard InChI is InChI=1S/C19H25BF3NO3/c1-12-7-8-14(10-16(12)19(21,22)23)9-15(11-24-13(2)25)20-26-17(3,4)18(5,6)27-20/h7-10H,11H2,1-6H3,(H,24,25). The van der Waals surface area contributed by atoms with E-state index in [1.54, 1.807) is 12.1 Å². The molecule has 0 aliphatic carbocycles. The number of alkyl halides is 3. The highest BCUT2D eigenvalue weighted by Gasteiger charge is 2.52. The molecule has 1 aliphatic rings. The lowest BCUT2D eigenvalue weighted by atomic mass is 9.76. The number of aryl methyl sites for hydroxylation is 1. The minimum atomic E-state index is -4.43. The van der Waals surface area contributed by atoms with Crippen molar-refractivity contribution >= 4 is 19.1 Å². The van der Waals surface area contributed by atoms with Gasteiger partial charge in [-0.1, -0.05) is 18.2 Å². The molecule has 1 aromatic rings. The molecule has 2 rings (SSSR count). The van der Waals surface area contributed by atoms with Crippen LogP contribution in [0.4, 0.5) is 13.2 Å². The van der Waals surface area contributed by atoms with Crippen molar-refractivity contribution in [3.63, 3.8) is 0 Å². The molecule has 1 fully saturated rings. The molecule has 0 saturated carbocycles. The summed E-state index contributed by atoms with van der Waals surface area (Å²) in [7, 11) is -0.766. The van der Waals surface area contributed by atoms with E-state index in [0.29, 0.717) is 11.0 Å². The maximum absolute atomic E-state index is 13.2. The minimum Gasteiger partial charge on any atom is -0.400 e. The molecular formula is C19H25BF3NO3. The number of rotatable bonds is 4. The average Bonchev–Trinajstić information content (AvgIpc) is 2.72. The fraction of sp³-hybridized carbons (Fsp3) is 0.526. The SMILES string of the molecule is CC(=O)NCC(=Cc1ccc(C)c(C(F)(F)F)c1)B1OC(C)(C)C(C)(C)O1. The van der Waals surface area contributed by atoms with Crippen molar-refractivity contribution in [1.82, 2.24) is 5.32 Å². The first-order valence-corrected chi connectivity index (χ1v) is 8.71. The number of nitrogens with one attached hydrogen (secondary N) is 1. The predicted octanol–water partition coefficient (Wildman–Crippen LogP) is 4.16. The first-order chi connectivity index (χ1) is 12.2. The van der Waals surface area contributed by atoms with E-state index in [9.17, 15) is 18.0 Å². The van der Waals surface area contributed by atoms with Crippen LogP contribution in [0.1, 0.15) is 51.3 Å². The van der Waals surface area contributed by atoms with Gasteiger partial charge in [0.2, 0.25) is 5.91 Å². The Hall–Kier alpha value is -1.80. The molecule has 148 valence electrons. The van der Waals surface area contributed by atoms with E-state index in [-0.39, 0.29) is 18.0 Å². The van der Waals surface area contributed by atoms with E-state index in [1.165, 1.54) is 19.9 Å². The zero-order valence-electron chi connectivity index (χ0n) is 16.5. The first kappa shape index (κ1) is 21.5. The van der Waals surface area contributed by atoms with E-state index >= 15 is 0 Å². The van der Waals surface area contributed by atoms with Crippen LogP contribution in [-0.4, -0.2) is 30.8 Å². The van der Waals surface area contributed by atoms with Gasteiger partial charge in [-0.3, -0.25) is 4.79 Å². The van der Waals surface area contributed by atoms with Crippen LogP contribution in [0.2, 0.25) is 0 Å². The highest BCUT2D eigenvalue weighted by Crippen LogP contribution is 2.39. The van der Waals surface area contributed by atoms with Crippen LogP contribution in [0.3, 0.4) is 0 Å². The third kappa shape index (κ3) is 4.93. The summed E-state index contributed by atoms with van der Waals surface area (Å²) in [5, 5.41) is 2.66. The van der Waals surface area contributed by atoms with Gasteiger partial charge in [-0.2, -0.15) is 13.2 Å². The summed E-state index contributed by atoms with van der Waals surface area (Å²) >= 11 is 0. The van der Waals surface area contributed by atoms with Crippen LogP contribution < -0.4 is 5.32 Å². The largest absolute Gasteiger partial charge is 0.492 e. The molecule has 8 heteroatoms. The summed E-state index contributed by atoms with van der Waals surface area (Å²) in [5.41, 5.74) is -0.832. The molecule has 1 amide bonds. The maximum atomic E-state index is 13.2. The van der Waals surface area contributed by atoms with E-state index in [4.69, 9.17) is 9.31 Å². The van der Waals surface area contributed by atoms with E-state index < -0.39 is 30.1 Å². The summed E-state index contributed by atoms with van der Waals surface area (Å²) in [6, 6.07) is 4.12. The molecule has 4 nitrogen and oxygen atoms in total. The number of hydrogen-bond donors (Lipinski definition) is 1. The van der Waals surface area contributed by atoms with Crippen LogP contribution in [0, 0.1) is 6.92 Å². The Kier molecular flexibility index (Phi) is 5.83. The summed E-state index contributed by atoms with van der Waals surface area (Å²) in [6.07, 6.45) is -2.86. The van der Waals surface area contributed by atoms with Gasteiger partial charge in [0.15, 0.2) is 0 Å². The molecule has 1 saturated heterocycles. The fourth-order valence-corrected chi connectivity index (χ4v) is 2.67. The van der Waals surface area contributed by atoms with Gasteiger partial charge in [-0.15, -0.1) is 0 Å². The monoisotopic (exact) mass is 383 g/mol. The lowest BCUT2D eigenvalue weighted by Crippen LogP contribution is -2.41. The second-order valence-corrected chi connectivity index (χ2v) is 7.79. The molecule has 1 N–H and O–H groups in total. The second kappa shape index (κ2) is 7.32. The minimum absolute atomic E-state index is 0.112. The Morgan fingerprint density at radius 2 is 1.74 bits per heavy atom. The van der Waals surface area contributed by atoms with Gasteiger partial charge in [-0.25, -0.2) is 0 Å². The van der Waals surface area contributed by atoms with Gasteiger partial charge >= 0.3 is 13.3 Å². The van der Waals surface area contributed by atoms with Crippen molar-refractivity contribution < 1.29 is 27.3 Å². The number of halogens is 3. The van der Waals surface area contributed by atoms with E-state index in [0.717, 1.165) is 6.07 Å². The normalized spacial score (nSPS) is 19.3. The van der Waals surface area contributed by atoms with Gasteiger partial charge in [0.1, 0.15) is 0 Å². The number of amides is 1. The van der Waals surface area contributed by atoms with Crippen LogP contribution in [0.25, 0.3) is 6.08 Å². The van der Waals surface area contributed by atoms with Crippen molar-refractivity contribution in [2.24, 2.45) is 0 Å². The Balaban J connectivity index is 2.42. The molecule has 0 unspecified atom stereocenters. The summed E-state index contributed by atoms with van der Waals surface area (Å²) in [4.78, 5) is 11.3. The molecular weight excluding hydrogens is 358 g/mol.